The topological polar surface area (TPSA) is 33.9 Å². The number of rotatable bonds is 2. The number of hydrogen-bond donors (Lipinski definition) is 0. The highest BCUT2D eigenvalue weighted by molar-refractivity contribution is 5.68. The zero-order valence-corrected chi connectivity index (χ0v) is 13.7. The molecule has 1 aliphatic carbocycles. The van der Waals surface area contributed by atoms with E-state index in [4.69, 9.17) is 11.3 Å². The predicted molar refractivity (Wildman–Crippen MR) is 82.9 cm³/mol. The van der Waals surface area contributed by atoms with Crippen molar-refractivity contribution in [1.82, 2.24) is 4.90 Å². The van der Waals surface area contributed by atoms with Gasteiger partial charge in [-0.25, -0.2) is 11.4 Å². The summed E-state index contributed by atoms with van der Waals surface area (Å²) in [6.07, 6.45) is 6.86. The molecule has 0 N–H and O–H groups in total. The van der Waals surface area contributed by atoms with Crippen LogP contribution in [0.4, 0.5) is 4.79 Å². The van der Waals surface area contributed by atoms with Crippen molar-refractivity contribution in [2.45, 2.75) is 64.9 Å². The average molecular weight is 292 g/mol. The third-order valence-electron chi connectivity index (χ3n) is 5.03. The Balaban J connectivity index is 1.96. The summed E-state index contributed by atoms with van der Waals surface area (Å²) in [6.45, 7) is 15.1. The molecule has 0 aromatic rings. The second kappa shape index (κ2) is 6.25. The molecule has 0 atom stereocenters. The van der Waals surface area contributed by atoms with Crippen molar-refractivity contribution in [2.75, 3.05) is 19.6 Å². The van der Waals surface area contributed by atoms with Crippen LogP contribution in [-0.4, -0.2) is 36.2 Å². The van der Waals surface area contributed by atoms with Crippen LogP contribution in [-0.2, 0) is 4.74 Å². The Bertz CT molecular complexity index is 405. The van der Waals surface area contributed by atoms with Crippen LogP contribution >= 0.6 is 0 Å². The number of ether oxygens (including phenoxy) is 1. The van der Waals surface area contributed by atoms with Gasteiger partial charge in [-0.05, 0) is 52.4 Å². The Kier molecular flexibility index (Phi) is 4.81. The predicted octanol–water partition coefficient (Wildman–Crippen LogP) is 4.11. The van der Waals surface area contributed by atoms with Gasteiger partial charge in [-0.1, -0.05) is 12.8 Å². The first kappa shape index (κ1) is 16.1. The highest BCUT2D eigenvalue weighted by Crippen LogP contribution is 2.47. The van der Waals surface area contributed by atoms with E-state index in [1.807, 2.05) is 25.7 Å². The van der Waals surface area contributed by atoms with E-state index in [1.165, 1.54) is 25.7 Å². The fourth-order valence-electron chi connectivity index (χ4n) is 3.85. The number of carbonyl (C=O) groups excluding carboxylic acids is 1. The zero-order valence-electron chi connectivity index (χ0n) is 13.7. The number of hydrogen-bond acceptors (Lipinski definition) is 2. The number of nitrogens with zero attached hydrogens (tertiary/aromatic N) is 2. The van der Waals surface area contributed by atoms with Gasteiger partial charge >= 0.3 is 6.09 Å². The van der Waals surface area contributed by atoms with Gasteiger partial charge in [-0.2, -0.15) is 0 Å². The molecule has 0 aromatic heterocycles. The van der Waals surface area contributed by atoms with Gasteiger partial charge in [0.15, 0.2) is 0 Å². The normalized spacial score (nSPS) is 22.9. The molecule has 118 valence electrons. The van der Waals surface area contributed by atoms with E-state index in [-0.39, 0.29) is 11.5 Å². The highest BCUT2D eigenvalue weighted by Gasteiger charge is 2.46. The van der Waals surface area contributed by atoms with Gasteiger partial charge in [-0.3, -0.25) is 0 Å². The molecule has 4 nitrogen and oxygen atoms in total. The highest BCUT2D eigenvalue weighted by atomic mass is 16.6. The maximum atomic E-state index is 12.1. The van der Waals surface area contributed by atoms with E-state index >= 15 is 0 Å². The Hall–Kier alpha value is -1.24. The summed E-state index contributed by atoms with van der Waals surface area (Å²) in [4.78, 5) is 17.7. The van der Waals surface area contributed by atoms with E-state index < -0.39 is 5.60 Å². The van der Waals surface area contributed by atoms with Crippen molar-refractivity contribution < 1.29 is 9.53 Å². The molecular formula is C17H28N2O2. The molecule has 1 heterocycles. The van der Waals surface area contributed by atoms with Crippen LogP contribution in [0.5, 0.6) is 0 Å². The summed E-state index contributed by atoms with van der Waals surface area (Å²) in [5.74, 6) is 0.687. The summed E-state index contributed by atoms with van der Waals surface area (Å²) in [7, 11) is 0. The fourth-order valence-corrected chi connectivity index (χ4v) is 3.85. The second-order valence-electron chi connectivity index (χ2n) is 7.63. The lowest BCUT2D eigenvalue weighted by molar-refractivity contribution is 0.00338. The van der Waals surface area contributed by atoms with Crippen LogP contribution in [0.25, 0.3) is 4.85 Å². The number of amides is 1. The van der Waals surface area contributed by atoms with Crippen molar-refractivity contribution >= 4 is 6.09 Å². The molecule has 0 aromatic carbocycles. The van der Waals surface area contributed by atoms with Crippen molar-refractivity contribution in [2.24, 2.45) is 11.3 Å². The molecule has 4 heteroatoms. The lowest BCUT2D eigenvalue weighted by atomic mass is 9.68. The Labute approximate surface area is 128 Å². The zero-order chi connectivity index (χ0) is 15.5. The van der Waals surface area contributed by atoms with Gasteiger partial charge in [0.1, 0.15) is 5.60 Å². The molecule has 2 fully saturated rings. The summed E-state index contributed by atoms with van der Waals surface area (Å²) in [5.41, 5.74) is -0.287. The maximum Gasteiger partial charge on any atom is 0.410 e. The van der Waals surface area contributed by atoms with E-state index in [9.17, 15) is 4.79 Å². The van der Waals surface area contributed by atoms with Gasteiger partial charge in [0, 0.05) is 18.5 Å². The van der Waals surface area contributed by atoms with Gasteiger partial charge in [0.05, 0.1) is 0 Å². The van der Waals surface area contributed by atoms with Crippen LogP contribution in [0.1, 0.15) is 59.3 Å². The molecule has 2 rings (SSSR count). The standard InChI is InChI=1S/C17H28N2O2/c1-16(2,3)21-15(20)19-11-9-17(10-12-19,13-18-4)14-7-5-6-8-14/h14H,5-13H2,1-3H3. The molecule has 21 heavy (non-hydrogen) atoms. The fraction of sp³-hybridized carbons (Fsp3) is 0.882. The molecule has 0 radical (unpaired) electrons. The molecule has 1 amide bonds. The smallest absolute Gasteiger partial charge is 0.410 e. The summed E-state index contributed by atoms with van der Waals surface area (Å²) in [6, 6.07) is 0. The quantitative estimate of drug-likeness (QED) is 0.718. The molecule has 0 spiro atoms. The molecule has 0 unspecified atom stereocenters. The van der Waals surface area contributed by atoms with Crippen LogP contribution in [0.15, 0.2) is 0 Å². The van der Waals surface area contributed by atoms with Crippen LogP contribution in [0.3, 0.4) is 0 Å². The van der Waals surface area contributed by atoms with E-state index in [0.717, 1.165) is 25.9 Å². The van der Waals surface area contributed by atoms with Crippen molar-refractivity contribution in [3.05, 3.63) is 11.4 Å². The van der Waals surface area contributed by atoms with Gasteiger partial charge in [0.2, 0.25) is 6.54 Å². The Morgan fingerprint density at radius 1 is 1.29 bits per heavy atom. The summed E-state index contributed by atoms with van der Waals surface area (Å²) < 4.78 is 5.46. The molecule has 1 aliphatic heterocycles. The van der Waals surface area contributed by atoms with E-state index in [2.05, 4.69) is 4.85 Å². The molecular weight excluding hydrogens is 264 g/mol. The molecule has 0 bridgehead atoms. The molecule has 1 saturated carbocycles. The first-order valence-corrected chi connectivity index (χ1v) is 8.17. The van der Waals surface area contributed by atoms with E-state index in [1.54, 1.807) is 0 Å². The number of carbonyl (C=O) groups is 1. The van der Waals surface area contributed by atoms with Gasteiger partial charge in [0.25, 0.3) is 0 Å². The second-order valence-corrected chi connectivity index (χ2v) is 7.63. The minimum atomic E-state index is -0.437. The van der Waals surface area contributed by atoms with Crippen LogP contribution in [0, 0.1) is 17.9 Å². The molecule has 2 aliphatic rings. The lowest BCUT2D eigenvalue weighted by Crippen LogP contribution is -2.48. The van der Waals surface area contributed by atoms with Crippen molar-refractivity contribution in [3.63, 3.8) is 0 Å². The number of likely N-dealkylation sites (tertiary alicyclic amines) is 1. The minimum Gasteiger partial charge on any atom is -0.444 e. The summed E-state index contributed by atoms with van der Waals surface area (Å²) in [5, 5.41) is 0. The third-order valence-corrected chi connectivity index (χ3v) is 5.03. The number of piperidine rings is 1. The SMILES string of the molecule is [C-]#[N+]CC1(C2CCCC2)CCN(C(=O)OC(C)(C)C)CC1. The van der Waals surface area contributed by atoms with E-state index in [0.29, 0.717) is 12.5 Å². The monoisotopic (exact) mass is 292 g/mol. The molecule has 1 saturated heterocycles. The Morgan fingerprint density at radius 2 is 1.86 bits per heavy atom. The van der Waals surface area contributed by atoms with Gasteiger partial charge in [-0.15, -0.1) is 0 Å². The largest absolute Gasteiger partial charge is 0.444 e. The Morgan fingerprint density at radius 3 is 2.33 bits per heavy atom. The van der Waals surface area contributed by atoms with Crippen LogP contribution < -0.4 is 0 Å². The van der Waals surface area contributed by atoms with Crippen molar-refractivity contribution in [1.29, 1.82) is 0 Å². The first-order valence-electron chi connectivity index (χ1n) is 8.17. The first-order chi connectivity index (χ1) is 9.86. The maximum absolute atomic E-state index is 12.1. The van der Waals surface area contributed by atoms with Gasteiger partial charge < -0.3 is 14.5 Å². The lowest BCUT2D eigenvalue weighted by Gasteiger charge is -2.42. The third kappa shape index (κ3) is 3.90. The van der Waals surface area contributed by atoms with Crippen molar-refractivity contribution in [3.8, 4) is 0 Å². The minimum absolute atomic E-state index is 0.150. The van der Waals surface area contributed by atoms with Crippen LogP contribution in [0.2, 0.25) is 0 Å². The summed E-state index contributed by atoms with van der Waals surface area (Å²) >= 11 is 0. The average Bonchev–Trinajstić information content (AvgIpc) is 2.92.